The third-order valence-corrected chi connectivity index (χ3v) is 12.3. The molecular weight excluding hydrogens is 733 g/mol. The molecule has 0 fully saturated rings. The molecule has 0 aromatic carbocycles. The van der Waals surface area contributed by atoms with Gasteiger partial charge in [0.2, 0.25) is 0 Å². The average molecular weight is 835 g/mol. The lowest BCUT2D eigenvalue weighted by Gasteiger charge is -2.18. The van der Waals surface area contributed by atoms with E-state index in [4.69, 9.17) is 14.2 Å². The summed E-state index contributed by atoms with van der Waals surface area (Å²) < 4.78 is 16.8. The first-order chi connectivity index (χ1) is 28.8. The Morgan fingerprint density at radius 2 is 0.644 bits per heavy atom. The monoisotopic (exact) mass is 835 g/mol. The van der Waals surface area contributed by atoms with E-state index in [1.165, 1.54) is 180 Å². The van der Waals surface area contributed by atoms with E-state index in [1.807, 2.05) is 0 Å². The van der Waals surface area contributed by atoms with Crippen molar-refractivity contribution >= 4 is 17.9 Å². The molecule has 1 unspecified atom stereocenters. The third-order valence-electron chi connectivity index (χ3n) is 12.3. The van der Waals surface area contributed by atoms with Crippen LogP contribution in [0.15, 0.2) is 0 Å². The van der Waals surface area contributed by atoms with Crippen molar-refractivity contribution in [2.24, 2.45) is 11.8 Å². The Hall–Kier alpha value is -1.59. The second kappa shape index (κ2) is 45.9. The molecule has 0 rings (SSSR count). The molecule has 0 aliphatic heterocycles. The lowest BCUT2D eigenvalue weighted by atomic mass is 9.99. The van der Waals surface area contributed by atoms with E-state index in [0.717, 1.165) is 69.6 Å². The summed E-state index contributed by atoms with van der Waals surface area (Å²) >= 11 is 0. The molecule has 6 heteroatoms. The summed E-state index contributed by atoms with van der Waals surface area (Å²) in [5, 5.41) is 0. The number of esters is 3. The summed E-state index contributed by atoms with van der Waals surface area (Å²) in [4.78, 5) is 37.9. The van der Waals surface area contributed by atoms with Crippen LogP contribution in [0.5, 0.6) is 0 Å². The van der Waals surface area contributed by atoms with E-state index in [9.17, 15) is 14.4 Å². The second-order valence-electron chi connectivity index (χ2n) is 18.9. The van der Waals surface area contributed by atoms with Gasteiger partial charge in [-0.15, -0.1) is 0 Å². The Kier molecular flexibility index (Phi) is 44.7. The fourth-order valence-corrected chi connectivity index (χ4v) is 7.96. The Labute approximate surface area is 368 Å². The van der Waals surface area contributed by atoms with Gasteiger partial charge in [-0.05, 0) is 31.1 Å². The van der Waals surface area contributed by atoms with Gasteiger partial charge in [0.1, 0.15) is 13.2 Å². The standard InChI is InChI=1S/C53H102O6/c1-6-8-9-10-11-12-13-19-22-28-33-38-43-51(54)57-46-50(59-53(56)45-40-35-30-25-24-26-31-36-41-48(3)4)47-58-52(55)44-39-34-29-23-20-17-15-14-16-18-21-27-32-37-42-49(5)7-2/h48-50H,6-47H2,1-5H3/t49?,50-/m1/s1. The zero-order valence-electron chi connectivity index (χ0n) is 40.4. The fourth-order valence-electron chi connectivity index (χ4n) is 7.96. The highest BCUT2D eigenvalue weighted by Gasteiger charge is 2.19. The van der Waals surface area contributed by atoms with Crippen LogP contribution in [0.25, 0.3) is 0 Å². The highest BCUT2D eigenvalue weighted by Crippen LogP contribution is 2.18. The van der Waals surface area contributed by atoms with E-state index >= 15 is 0 Å². The molecule has 0 bridgehead atoms. The number of hydrogen-bond acceptors (Lipinski definition) is 6. The summed E-state index contributed by atoms with van der Waals surface area (Å²) in [5.74, 6) is 0.840. The zero-order valence-corrected chi connectivity index (χ0v) is 40.4. The minimum Gasteiger partial charge on any atom is -0.462 e. The van der Waals surface area contributed by atoms with Crippen molar-refractivity contribution in [3.63, 3.8) is 0 Å². The maximum atomic E-state index is 12.8. The van der Waals surface area contributed by atoms with Gasteiger partial charge >= 0.3 is 17.9 Å². The molecule has 0 amide bonds. The molecule has 0 radical (unpaired) electrons. The quantitative estimate of drug-likeness (QED) is 0.0345. The molecule has 2 atom stereocenters. The summed E-state index contributed by atoms with van der Waals surface area (Å²) in [6.07, 6.45) is 46.6. The molecule has 0 aromatic heterocycles. The van der Waals surface area contributed by atoms with Crippen LogP contribution in [0.2, 0.25) is 0 Å². The first kappa shape index (κ1) is 57.4. The Morgan fingerprint density at radius 3 is 0.966 bits per heavy atom. The molecule has 0 saturated carbocycles. The van der Waals surface area contributed by atoms with E-state index in [0.29, 0.717) is 19.3 Å². The Morgan fingerprint density at radius 1 is 0.356 bits per heavy atom. The van der Waals surface area contributed by atoms with Crippen LogP contribution in [0.4, 0.5) is 0 Å². The minimum absolute atomic E-state index is 0.0640. The van der Waals surface area contributed by atoms with Crippen LogP contribution in [0, 0.1) is 11.8 Å². The van der Waals surface area contributed by atoms with Crippen molar-refractivity contribution in [3.8, 4) is 0 Å². The van der Waals surface area contributed by atoms with E-state index in [1.54, 1.807) is 0 Å². The normalized spacial score (nSPS) is 12.5. The molecule has 0 aliphatic carbocycles. The number of carbonyl (C=O) groups is 3. The van der Waals surface area contributed by atoms with Gasteiger partial charge in [0, 0.05) is 19.3 Å². The lowest BCUT2D eigenvalue weighted by molar-refractivity contribution is -0.167. The number of ether oxygens (including phenoxy) is 3. The van der Waals surface area contributed by atoms with Gasteiger partial charge in [-0.2, -0.15) is 0 Å². The smallest absolute Gasteiger partial charge is 0.306 e. The van der Waals surface area contributed by atoms with Gasteiger partial charge in [-0.3, -0.25) is 14.4 Å². The minimum atomic E-state index is -0.761. The fraction of sp³-hybridized carbons (Fsp3) is 0.943. The van der Waals surface area contributed by atoms with Gasteiger partial charge < -0.3 is 14.2 Å². The zero-order chi connectivity index (χ0) is 43.3. The highest BCUT2D eigenvalue weighted by molar-refractivity contribution is 5.71. The lowest BCUT2D eigenvalue weighted by Crippen LogP contribution is -2.30. The molecule has 0 spiro atoms. The number of hydrogen-bond donors (Lipinski definition) is 0. The van der Waals surface area contributed by atoms with Crippen molar-refractivity contribution in [1.29, 1.82) is 0 Å². The van der Waals surface area contributed by atoms with Crippen LogP contribution >= 0.6 is 0 Å². The van der Waals surface area contributed by atoms with Crippen molar-refractivity contribution in [2.75, 3.05) is 13.2 Å². The van der Waals surface area contributed by atoms with Gasteiger partial charge in [-0.25, -0.2) is 0 Å². The maximum Gasteiger partial charge on any atom is 0.306 e. The van der Waals surface area contributed by atoms with Crippen molar-refractivity contribution in [3.05, 3.63) is 0 Å². The maximum absolute atomic E-state index is 12.8. The van der Waals surface area contributed by atoms with Crippen molar-refractivity contribution in [2.45, 2.75) is 298 Å². The van der Waals surface area contributed by atoms with E-state index < -0.39 is 6.10 Å². The molecule has 0 aromatic rings. The van der Waals surface area contributed by atoms with Crippen molar-refractivity contribution < 1.29 is 28.6 Å². The molecule has 0 N–H and O–H groups in total. The molecule has 350 valence electrons. The summed E-state index contributed by atoms with van der Waals surface area (Å²) in [6, 6.07) is 0. The van der Waals surface area contributed by atoms with Crippen molar-refractivity contribution in [1.82, 2.24) is 0 Å². The SMILES string of the molecule is CCCCCCCCCCCCCCC(=O)OC[C@H](COC(=O)CCCCCCCCCCCCCCCCC(C)CC)OC(=O)CCCCCCCCCCC(C)C. The molecule has 0 saturated heterocycles. The van der Waals surface area contributed by atoms with Crippen LogP contribution in [0.3, 0.4) is 0 Å². The van der Waals surface area contributed by atoms with Gasteiger partial charge in [0.05, 0.1) is 0 Å². The third kappa shape index (κ3) is 45.8. The summed E-state index contributed by atoms with van der Waals surface area (Å²) in [6.45, 7) is 11.4. The first-order valence-corrected chi connectivity index (χ1v) is 26.3. The van der Waals surface area contributed by atoms with E-state index in [-0.39, 0.29) is 31.1 Å². The topological polar surface area (TPSA) is 78.9 Å². The largest absolute Gasteiger partial charge is 0.462 e. The highest BCUT2D eigenvalue weighted by atomic mass is 16.6. The van der Waals surface area contributed by atoms with Gasteiger partial charge in [0.15, 0.2) is 6.10 Å². The Bertz CT molecular complexity index is 902. The van der Waals surface area contributed by atoms with Crippen LogP contribution < -0.4 is 0 Å². The van der Waals surface area contributed by atoms with Gasteiger partial charge in [-0.1, -0.05) is 253 Å². The summed E-state index contributed by atoms with van der Waals surface area (Å²) in [7, 11) is 0. The molecule has 6 nitrogen and oxygen atoms in total. The van der Waals surface area contributed by atoms with Crippen LogP contribution in [0.1, 0.15) is 291 Å². The number of unbranched alkanes of at least 4 members (excludes halogenated alkanes) is 31. The predicted molar refractivity (Wildman–Crippen MR) is 252 cm³/mol. The number of carbonyl (C=O) groups excluding carboxylic acids is 3. The molecule has 0 aliphatic rings. The molecule has 59 heavy (non-hydrogen) atoms. The first-order valence-electron chi connectivity index (χ1n) is 26.3. The number of rotatable bonds is 47. The summed E-state index contributed by atoms with van der Waals surface area (Å²) in [5.41, 5.74) is 0. The van der Waals surface area contributed by atoms with Gasteiger partial charge in [0.25, 0.3) is 0 Å². The van der Waals surface area contributed by atoms with E-state index in [2.05, 4.69) is 34.6 Å². The molecule has 0 heterocycles. The molecular formula is C53H102O6. The van der Waals surface area contributed by atoms with Crippen LogP contribution in [-0.2, 0) is 28.6 Å². The predicted octanol–water partition coefficient (Wildman–Crippen LogP) is 16.9. The Balaban J connectivity index is 4.26. The van der Waals surface area contributed by atoms with Crippen LogP contribution in [-0.4, -0.2) is 37.2 Å². The second-order valence-corrected chi connectivity index (χ2v) is 18.9. The average Bonchev–Trinajstić information content (AvgIpc) is 3.22.